The van der Waals surface area contributed by atoms with Gasteiger partial charge < -0.3 is 11.6 Å². The number of hydrogen-bond acceptors (Lipinski definition) is 2. The molecule has 0 saturated carbocycles. The van der Waals surface area contributed by atoms with Crippen molar-refractivity contribution in [1.82, 2.24) is 6.15 Å². The van der Waals surface area contributed by atoms with Gasteiger partial charge in [0.15, 0.2) is 0 Å². The molecule has 0 aliphatic heterocycles. The Morgan fingerprint density at radius 2 is 1.00 bits per heavy atom. The first-order valence-electron chi connectivity index (χ1n) is 0.354. The highest BCUT2D eigenvalue weighted by atomic mass is 35.5. The van der Waals surface area contributed by atoms with E-state index in [9.17, 15) is 0 Å². The number of nitrogens with one attached hydrogen (secondary N) is 1. The van der Waals surface area contributed by atoms with Crippen LogP contribution in [-0.2, 0) is 0 Å². The zero-order valence-electron chi connectivity index (χ0n) is 2.73. The van der Waals surface area contributed by atoms with Crippen molar-refractivity contribution in [1.29, 1.82) is 5.41 Å². The van der Waals surface area contributed by atoms with Crippen molar-refractivity contribution in [2.75, 3.05) is 0 Å². The van der Waals surface area contributed by atoms with Crippen LogP contribution in [0.3, 0.4) is 0 Å². The zero-order valence-corrected chi connectivity index (χ0v) is 4.36. The third-order valence-electron chi connectivity index (χ3n) is 0. The highest BCUT2D eigenvalue weighted by Crippen LogP contribution is 0.691. The lowest BCUT2D eigenvalue weighted by molar-refractivity contribution is 1.61. The largest absolute Gasteiger partial charge is 0.344 e. The van der Waals surface area contributed by atoms with Crippen LogP contribution in [0.1, 0.15) is 0 Å². The van der Waals surface area contributed by atoms with Gasteiger partial charge in [-0.2, -0.15) is 0 Å². The third kappa shape index (κ3) is 466. The Morgan fingerprint density at radius 3 is 1.00 bits per heavy atom. The summed E-state index contributed by atoms with van der Waals surface area (Å²) in [5.41, 5.74) is 0. The van der Waals surface area contributed by atoms with Gasteiger partial charge in [0.05, 0.1) is 0 Å². The molecule has 0 amide bonds. The van der Waals surface area contributed by atoms with Crippen LogP contribution in [0.4, 0.5) is 0 Å². The molecule has 36 valence electrons. The Labute approximate surface area is 43.9 Å². The van der Waals surface area contributed by atoms with Crippen LogP contribution in [0, 0.1) is 5.41 Å². The molecule has 0 aromatic heterocycles. The smallest absolute Gasteiger partial charge is 0.0187 e. The van der Waals surface area contributed by atoms with Crippen molar-refractivity contribution in [2.45, 2.75) is 0 Å². The first-order valence-corrected chi connectivity index (χ1v) is 0.354. The van der Waals surface area contributed by atoms with Gasteiger partial charge in [-0.15, -0.1) is 24.8 Å². The van der Waals surface area contributed by atoms with Crippen molar-refractivity contribution in [3.05, 3.63) is 0 Å². The molecule has 0 saturated heterocycles. The highest BCUT2D eigenvalue weighted by Gasteiger charge is 0.555. The van der Waals surface area contributed by atoms with E-state index >= 15 is 0 Å². The van der Waals surface area contributed by atoms with Crippen molar-refractivity contribution in [2.24, 2.45) is 0 Å². The molecule has 0 aliphatic carbocycles. The zero-order chi connectivity index (χ0) is 2.00. The van der Waals surface area contributed by atoms with E-state index in [1.54, 1.807) is 0 Å². The summed E-state index contributed by atoms with van der Waals surface area (Å²) in [4.78, 5) is 0. The van der Waals surface area contributed by atoms with Crippen molar-refractivity contribution in [3.8, 4) is 0 Å². The van der Waals surface area contributed by atoms with Crippen molar-refractivity contribution >= 4 is 31.5 Å². The predicted molar refractivity (Wildman–Crippen MR) is 29.4 cm³/mol. The average Bonchev–Trinajstić information content (AvgIpc) is 1.00. The summed E-state index contributed by atoms with van der Waals surface area (Å²) in [7, 11) is 0. The van der Waals surface area contributed by atoms with E-state index < -0.39 is 0 Å². The van der Waals surface area contributed by atoms with Gasteiger partial charge in [0.25, 0.3) is 0 Å². The molecule has 0 spiro atoms. The van der Waals surface area contributed by atoms with Crippen LogP contribution in [0.15, 0.2) is 0 Å². The van der Waals surface area contributed by atoms with E-state index in [2.05, 4.69) is 6.72 Å². The van der Waals surface area contributed by atoms with E-state index in [1.165, 1.54) is 0 Å². The Kier molecular flexibility index (Phi) is 12400. The highest BCUT2D eigenvalue weighted by molar-refractivity contribution is 5.85. The fourth-order valence-electron chi connectivity index (χ4n) is 0. The van der Waals surface area contributed by atoms with Crippen LogP contribution in [0.25, 0.3) is 0 Å². The van der Waals surface area contributed by atoms with Gasteiger partial charge in [-0.25, -0.2) is 0 Å². The van der Waals surface area contributed by atoms with Gasteiger partial charge in [-0.05, 0) is 6.72 Å². The fraction of sp³-hybridized carbons (Fsp3) is 0. The summed E-state index contributed by atoms with van der Waals surface area (Å²) in [6, 6.07) is 0. The van der Waals surface area contributed by atoms with Gasteiger partial charge in [-0.1, -0.05) is 0 Å². The lowest BCUT2D eigenvalue weighted by Gasteiger charge is -0.890. The molecule has 0 unspecified atom stereocenters. The van der Waals surface area contributed by atoms with E-state index in [1.807, 2.05) is 0 Å². The Balaban J connectivity index is -0.00000000167. The van der Waals surface area contributed by atoms with Gasteiger partial charge in [0.2, 0.25) is 0 Å². The summed E-state index contributed by atoms with van der Waals surface area (Å²) in [6.07, 6.45) is 0. The molecule has 2 nitrogen and oxygen atoms in total. The summed E-state index contributed by atoms with van der Waals surface area (Å²) in [6.45, 7) is 2.50. The van der Waals surface area contributed by atoms with Crippen LogP contribution in [-0.4, -0.2) is 6.72 Å². The lowest BCUT2D eigenvalue weighted by atomic mass is 11.8. The molecule has 4 N–H and O–H groups in total. The van der Waals surface area contributed by atoms with Crippen LogP contribution in [0.5, 0.6) is 0 Å². The summed E-state index contributed by atoms with van der Waals surface area (Å²) in [5, 5.41) is 5.50. The van der Waals surface area contributed by atoms with E-state index in [-0.39, 0.29) is 31.0 Å². The second kappa shape index (κ2) is 984. The van der Waals surface area contributed by atoms with Gasteiger partial charge in [0.1, 0.15) is 0 Å². The first kappa shape index (κ1) is 63.1. The average molecular weight is 119 g/mol. The number of halogens is 2. The molecular formula is CH8Cl2N2. The predicted octanol–water partition coefficient (Wildman–Crippen LogP) is 1.27. The number of hydrogen-bond donors (Lipinski definition) is 2. The molecule has 0 fully saturated rings. The van der Waals surface area contributed by atoms with Gasteiger partial charge in [-0.3, -0.25) is 0 Å². The third-order valence-corrected chi connectivity index (χ3v) is 0. The Bertz CT molecular complexity index is 7.61. The molecule has 0 aromatic rings. The van der Waals surface area contributed by atoms with Crippen LogP contribution >= 0.6 is 24.8 Å². The molecular weight excluding hydrogens is 111 g/mol. The molecule has 0 bridgehead atoms. The molecule has 5 heavy (non-hydrogen) atoms. The van der Waals surface area contributed by atoms with Crippen LogP contribution in [0.2, 0.25) is 0 Å². The van der Waals surface area contributed by atoms with E-state index in [4.69, 9.17) is 5.41 Å². The number of rotatable bonds is 0. The normalized spacial score (nSPS) is 0.800. The van der Waals surface area contributed by atoms with E-state index in [0.29, 0.717) is 0 Å². The maximum atomic E-state index is 5.50. The summed E-state index contributed by atoms with van der Waals surface area (Å²) in [5.74, 6) is 0. The summed E-state index contributed by atoms with van der Waals surface area (Å²) < 4.78 is 0. The molecule has 0 aromatic carbocycles. The van der Waals surface area contributed by atoms with Gasteiger partial charge in [0, 0.05) is 0 Å². The molecule has 0 rings (SSSR count). The summed E-state index contributed by atoms with van der Waals surface area (Å²) >= 11 is 0. The topological polar surface area (TPSA) is 58.9 Å². The minimum atomic E-state index is 0. The second-order valence-electron chi connectivity index (χ2n) is 0. The lowest BCUT2D eigenvalue weighted by Crippen LogP contribution is -0.827. The second-order valence-corrected chi connectivity index (χ2v) is 0. The fourth-order valence-corrected chi connectivity index (χ4v) is 0. The maximum Gasteiger partial charge on any atom is -0.0187 e. The van der Waals surface area contributed by atoms with Crippen LogP contribution < -0.4 is 6.15 Å². The van der Waals surface area contributed by atoms with E-state index in [0.717, 1.165) is 0 Å². The first-order chi connectivity index (χ1) is 1.00. The molecule has 0 atom stereocenters. The molecule has 4 heteroatoms. The SMILES string of the molecule is C=N.Cl.Cl.N. The van der Waals surface area contributed by atoms with Gasteiger partial charge >= 0.3 is 0 Å². The maximum absolute atomic E-state index is 5.50. The molecule has 0 aliphatic rings. The Hall–Kier alpha value is 0.210. The minimum Gasteiger partial charge on any atom is -0.344 e. The minimum absolute atomic E-state index is 0. The quantitative estimate of drug-likeness (QED) is 0.463. The van der Waals surface area contributed by atoms with Crippen molar-refractivity contribution in [3.63, 3.8) is 0 Å². The molecule has 0 heterocycles. The standard InChI is InChI=1S/CH3N.2ClH.H3N/c1-2;;;/h2H,1H2;2*1H;1H3. The molecule has 0 radical (unpaired) electrons. The Morgan fingerprint density at radius 1 is 1.00 bits per heavy atom. The van der Waals surface area contributed by atoms with Crippen molar-refractivity contribution < 1.29 is 0 Å². The monoisotopic (exact) mass is 118 g/mol.